The van der Waals surface area contributed by atoms with Crippen LogP contribution in [0.4, 0.5) is 32.2 Å². The van der Waals surface area contributed by atoms with Gasteiger partial charge in [-0.15, -0.1) is 0 Å². The molecule has 3 heterocycles. The average Bonchev–Trinajstić information content (AvgIpc) is 3.41. The first-order chi connectivity index (χ1) is 21.1. The number of aromatic nitrogens is 1. The van der Waals surface area contributed by atoms with Gasteiger partial charge in [0, 0.05) is 55.9 Å². The molecule has 3 N–H and O–H groups in total. The van der Waals surface area contributed by atoms with Crippen molar-refractivity contribution in [2.75, 3.05) is 18.8 Å². The minimum absolute atomic E-state index is 0.00503. The fourth-order valence-corrected chi connectivity index (χ4v) is 5.09. The standard InChI is InChI=1S/C32H27F6N3O4/c33-31(34,35)26-17-22(20-3-5-21(6-4-20)29(43)41-13-11-30(44,12-14-41)32(36,37)38)15-23-16-25(45-28(23)26)9-8-24(42)7-1-19-2-10-27(39)40-18-19/h1-7,10,15-18,44H,8-9,11-14H2,(H2,39,40)/b7-1+. The first-order valence-corrected chi connectivity index (χ1v) is 13.9. The molecule has 1 aliphatic rings. The molecule has 0 unspecified atom stereocenters. The molecule has 0 aliphatic carbocycles. The molecule has 7 nitrogen and oxygen atoms in total. The van der Waals surface area contributed by atoms with Gasteiger partial charge in [-0.3, -0.25) is 9.59 Å². The number of piperidine rings is 1. The van der Waals surface area contributed by atoms with E-state index in [0.717, 1.165) is 6.07 Å². The van der Waals surface area contributed by atoms with Crippen LogP contribution in [0.1, 0.15) is 46.5 Å². The number of aryl methyl sites for hydroxylation is 1. The van der Waals surface area contributed by atoms with Gasteiger partial charge < -0.3 is 20.2 Å². The minimum Gasteiger partial charge on any atom is -0.460 e. The van der Waals surface area contributed by atoms with Crippen LogP contribution >= 0.6 is 0 Å². The summed E-state index contributed by atoms with van der Waals surface area (Å²) in [4.78, 5) is 30.3. The summed E-state index contributed by atoms with van der Waals surface area (Å²) in [6, 6.07) is 12.8. The molecule has 0 bridgehead atoms. The number of aliphatic hydroxyl groups is 1. The average molecular weight is 632 g/mol. The second kappa shape index (κ2) is 12.0. The lowest BCUT2D eigenvalue weighted by Crippen LogP contribution is -2.54. The highest BCUT2D eigenvalue weighted by Crippen LogP contribution is 2.40. The molecule has 0 saturated carbocycles. The molecule has 5 rings (SSSR count). The lowest BCUT2D eigenvalue weighted by molar-refractivity contribution is -0.271. The monoisotopic (exact) mass is 631 g/mol. The Morgan fingerprint density at radius 2 is 1.67 bits per heavy atom. The second-order valence-electron chi connectivity index (χ2n) is 10.9. The molecule has 45 heavy (non-hydrogen) atoms. The van der Waals surface area contributed by atoms with E-state index >= 15 is 0 Å². The number of halogens is 6. The predicted molar refractivity (Wildman–Crippen MR) is 154 cm³/mol. The van der Waals surface area contributed by atoms with E-state index in [1.807, 2.05) is 0 Å². The van der Waals surface area contributed by atoms with Gasteiger partial charge in [0.1, 0.15) is 17.2 Å². The van der Waals surface area contributed by atoms with Gasteiger partial charge in [0.15, 0.2) is 11.4 Å². The molecule has 2 aromatic heterocycles. The Balaban J connectivity index is 1.31. The molecule has 2 aromatic carbocycles. The van der Waals surface area contributed by atoms with Crippen LogP contribution < -0.4 is 5.73 Å². The summed E-state index contributed by atoms with van der Waals surface area (Å²) in [6.07, 6.45) is -6.40. The smallest absolute Gasteiger partial charge is 0.420 e. The summed E-state index contributed by atoms with van der Waals surface area (Å²) >= 11 is 0. The third kappa shape index (κ3) is 7.03. The third-order valence-electron chi connectivity index (χ3n) is 7.73. The Morgan fingerprint density at radius 1 is 0.978 bits per heavy atom. The fourth-order valence-electron chi connectivity index (χ4n) is 5.09. The SMILES string of the molecule is Nc1ccc(/C=C/C(=O)CCc2cc3cc(-c4ccc(C(=O)N5CCC(O)(C(F)(F)F)CC5)cc4)cc(C(F)(F)F)c3o2)cn1. The number of anilines is 1. The van der Waals surface area contributed by atoms with Crippen LogP contribution in [-0.2, 0) is 17.4 Å². The number of nitrogens with zero attached hydrogens (tertiary/aromatic N) is 2. The molecule has 0 atom stereocenters. The molecule has 13 heteroatoms. The molecule has 1 fully saturated rings. The second-order valence-corrected chi connectivity index (χ2v) is 10.9. The quantitative estimate of drug-likeness (QED) is 0.171. The molecule has 0 spiro atoms. The van der Waals surface area contributed by atoms with Crippen LogP contribution in [0.15, 0.2) is 71.3 Å². The number of alkyl halides is 6. The fraction of sp³-hybridized carbons (Fsp3) is 0.281. The molecule has 1 amide bonds. The number of amides is 1. The number of hydrogen-bond acceptors (Lipinski definition) is 6. The van der Waals surface area contributed by atoms with Crippen molar-refractivity contribution >= 4 is 34.6 Å². The number of allylic oxidation sites excluding steroid dienone is 1. The number of rotatable bonds is 7. The molecule has 0 radical (unpaired) electrons. The normalized spacial score (nSPS) is 15.6. The van der Waals surface area contributed by atoms with Crippen LogP contribution in [0.5, 0.6) is 0 Å². The van der Waals surface area contributed by atoms with Gasteiger partial charge in [-0.25, -0.2) is 4.98 Å². The van der Waals surface area contributed by atoms with Crippen molar-refractivity contribution < 1.29 is 45.5 Å². The zero-order valence-corrected chi connectivity index (χ0v) is 23.6. The Kier molecular flexibility index (Phi) is 8.49. The van der Waals surface area contributed by atoms with Crippen molar-refractivity contribution in [3.63, 3.8) is 0 Å². The zero-order chi connectivity index (χ0) is 32.6. The van der Waals surface area contributed by atoms with E-state index in [1.54, 1.807) is 18.2 Å². The first-order valence-electron chi connectivity index (χ1n) is 13.9. The number of fused-ring (bicyclic) bond motifs is 1. The topological polar surface area (TPSA) is 110 Å². The number of likely N-dealkylation sites (tertiary alicyclic amines) is 1. The van der Waals surface area contributed by atoms with Gasteiger partial charge >= 0.3 is 12.4 Å². The summed E-state index contributed by atoms with van der Waals surface area (Å²) in [5.41, 5.74) is 2.68. The van der Waals surface area contributed by atoms with Crippen LogP contribution in [0.25, 0.3) is 28.2 Å². The highest BCUT2D eigenvalue weighted by Gasteiger charge is 2.55. The van der Waals surface area contributed by atoms with Crippen molar-refractivity contribution in [1.82, 2.24) is 9.88 Å². The molecule has 4 aromatic rings. The number of ketones is 1. The Hall–Kier alpha value is -4.65. The van der Waals surface area contributed by atoms with E-state index in [0.29, 0.717) is 16.9 Å². The Morgan fingerprint density at radius 3 is 2.27 bits per heavy atom. The number of nitrogen functional groups attached to an aromatic ring is 1. The maximum absolute atomic E-state index is 14.1. The summed E-state index contributed by atoms with van der Waals surface area (Å²) < 4.78 is 87.0. The van der Waals surface area contributed by atoms with E-state index in [4.69, 9.17) is 10.2 Å². The van der Waals surface area contributed by atoms with Crippen molar-refractivity contribution in [1.29, 1.82) is 0 Å². The summed E-state index contributed by atoms with van der Waals surface area (Å²) in [7, 11) is 0. The molecule has 1 aliphatic heterocycles. The van der Waals surface area contributed by atoms with Gasteiger partial charge in [0.2, 0.25) is 0 Å². The van der Waals surface area contributed by atoms with Crippen LogP contribution in [0, 0.1) is 0 Å². The van der Waals surface area contributed by atoms with E-state index in [2.05, 4.69) is 4.98 Å². The maximum Gasteiger partial charge on any atom is 0.420 e. The molecule has 236 valence electrons. The van der Waals surface area contributed by atoms with Crippen molar-refractivity contribution in [2.24, 2.45) is 0 Å². The van der Waals surface area contributed by atoms with Gasteiger partial charge in [0.25, 0.3) is 5.91 Å². The highest BCUT2D eigenvalue weighted by molar-refractivity contribution is 5.95. The van der Waals surface area contributed by atoms with Crippen molar-refractivity contribution in [3.8, 4) is 11.1 Å². The lowest BCUT2D eigenvalue weighted by atomic mass is 9.90. The highest BCUT2D eigenvalue weighted by atomic mass is 19.4. The van der Waals surface area contributed by atoms with Gasteiger partial charge in [0.05, 0.1) is 5.56 Å². The van der Waals surface area contributed by atoms with Gasteiger partial charge in [-0.1, -0.05) is 12.1 Å². The first kappa shape index (κ1) is 31.8. The van der Waals surface area contributed by atoms with Crippen LogP contribution in [0.2, 0.25) is 0 Å². The molecule has 1 saturated heterocycles. The third-order valence-corrected chi connectivity index (χ3v) is 7.73. The van der Waals surface area contributed by atoms with E-state index in [9.17, 15) is 41.0 Å². The zero-order valence-electron chi connectivity index (χ0n) is 23.6. The van der Waals surface area contributed by atoms with E-state index < -0.39 is 42.3 Å². The summed E-state index contributed by atoms with van der Waals surface area (Å²) in [5, 5.41) is 10.0. The van der Waals surface area contributed by atoms with Gasteiger partial charge in [-0.05, 0) is 71.3 Å². The molecular formula is C32H27F6N3O4. The largest absolute Gasteiger partial charge is 0.460 e. The number of nitrogens with two attached hydrogens (primary N) is 1. The maximum atomic E-state index is 14.1. The predicted octanol–water partition coefficient (Wildman–Crippen LogP) is 6.84. The number of carbonyl (C=O) groups is 2. The Bertz CT molecular complexity index is 1730. The van der Waals surface area contributed by atoms with Crippen molar-refractivity contribution in [2.45, 2.75) is 43.6 Å². The number of pyridine rings is 1. The minimum atomic E-state index is -4.80. The lowest BCUT2D eigenvalue weighted by Gasteiger charge is -2.39. The van der Waals surface area contributed by atoms with E-state index in [1.165, 1.54) is 53.6 Å². The summed E-state index contributed by atoms with van der Waals surface area (Å²) in [5.74, 6) is -0.283. The van der Waals surface area contributed by atoms with Crippen LogP contribution in [-0.4, -0.2) is 51.5 Å². The number of furan rings is 1. The number of hydrogen-bond donors (Lipinski definition) is 2. The summed E-state index contributed by atoms with van der Waals surface area (Å²) in [6.45, 7) is -0.597. The van der Waals surface area contributed by atoms with E-state index in [-0.39, 0.29) is 59.6 Å². The Labute approximate surface area is 253 Å². The van der Waals surface area contributed by atoms with Crippen molar-refractivity contribution in [3.05, 3.63) is 89.3 Å². The number of benzene rings is 2. The molecular weight excluding hydrogens is 604 g/mol. The van der Waals surface area contributed by atoms with Gasteiger partial charge in [-0.2, -0.15) is 26.3 Å². The van der Waals surface area contributed by atoms with Crippen LogP contribution in [0.3, 0.4) is 0 Å². The number of carbonyl (C=O) groups excluding carboxylic acids is 2.